The highest BCUT2D eigenvalue weighted by atomic mass is 35.5. The molecule has 2 aromatic carbocycles. The first-order valence-corrected chi connectivity index (χ1v) is 11.2. The molecule has 0 spiro atoms. The second-order valence-corrected chi connectivity index (χ2v) is 8.26. The summed E-state index contributed by atoms with van der Waals surface area (Å²) in [6.45, 7) is 1.10. The molecule has 0 fully saturated rings. The average Bonchev–Trinajstić information content (AvgIpc) is 3.24. The predicted octanol–water partition coefficient (Wildman–Crippen LogP) is 4.43. The Bertz CT molecular complexity index is 1240. The van der Waals surface area contributed by atoms with Crippen molar-refractivity contribution in [2.24, 2.45) is 5.73 Å². The SMILES string of the molecule is CCC(=O)c1cnc(OCCO)c(F)c1-c1c(Cl)c(F)cc2c1C[C@@](CN)(c1ccccc1)O2. The van der Waals surface area contributed by atoms with Gasteiger partial charge in [-0.25, -0.2) is 13.8 Å². The number of hydrogen-bond donors (Lipinski definition) is 2. The lowest BCUT2D eigenvalue weighted by Gasteiger charge is -2.27. The summed E-state index contributed by atoms with van der Waals surface area (Å²) in [5.41, 5.74) is 6.00. The first-order valence-electron chi connectivity index (χ1n) is 10.8. The minimum absolute atomic E-state index is 0.00605. The van der Waals surface area contributed by atoms with Crippen LogP contribution in [0.15, 0.2) is 42.6 Å². The third-order valence-corrected chi connectivity index (χ3v) is 6.24. The third-order valence-electron chi connectivity index (χ3n) is 5.87. The van der Waals surface area contributed by atoms with Crippen LogP contribution in [0.5, 0.6) is 11.6 Å². The molecule has 0 unspecified atom stereocenters. The number of aliphatic hydroxyl groups excluding tert-OH is 1. The van der Waals surface area contributed by atoms with Crippen molar-refractivity contribution in [1.82, 2.24) is 4.98 Å². The van der Waals surface area contributed by atoms with Gasteiger partial charge >= 0.3 is 0 Å². The van der Waals surface area contributed by atoms with Crippen LogP contribution in [0.4, 0.5) is 8.78 Å². The molecule has 0 bridgehead atoms. The highest BCUT2D eigenvalue weighted by Gasteiger charge is 2.43. The molecule has 0 radical (unpaired) electrons. The molecule has 1 aromatic heterocycles. The Balaban J connectivity index is 1.98. The fourth-order valence-electron chi connectivity index (χ4n) is 4.19. The van der Waals surface area contributed by atoms with Crippen molar-refractivity contribution in [3.8, 4) is 22.8 Å². The van der Waals surface area contributed by atoms with E-state index < -0.39 is 28.9 Å². The normalized spacial score (nSPS) is 16.8. The summed E-state index contributed by atoms with van der Waals surface area (Å²) in [6, 6.07) is 10.3. The molecule has 2 heterocycles. The smallest absolute Gasteiger partial charge is 0.251 e. The average molecular weight is 489 g/mol. The van der Waals surface area contributed by atoms with Gasteiger partial charge in [0, 0.05) is 53.9 Å². The number of nitrogens with two attached hydrogens (primary N) is 1. The van der Waals surface area contributed by atoms with Crippen molar-refractivity contribution < 1.29 is 28.2 Å². The summed E-state index contributed by atoms with van der Waals surface area (Å²) >= 11 is 6.40. The number of benzene rings is 2. The van der Waals surface area contributed by atoms with Crippen LogP contribution in [-0.4, -0.2) is 35.6 Å². The van der Waals surface area contributed by atoms with E-state index in [1.54, 1.807) is 6.92 Å². The summed E-state index contributed by atoms with van der Waals surface area (Å²) in [5, 5.41) is 8.70. The molecule has 6 nitrogen and oxygen atoms in total. The van der Waals surface area contributed by atoms with Crippen LogP contribution in [0.25, 0.3) is 11.1 Å². The Labute approximate surface area is 200 Å². The monoisotopic (exact) mass is 488 g/mol. The number of pyridine rings is 1. The van der Waals surface area contributed by atoms with Gasteiger partial charge in [0.2, 0.25) is 0 Å². The quantitative estimate of drug-likeness (QED) is 0.455. The molecule has 9 heteroatoms. The summed E-state index contributed by atoms with van der Waals surface area (Å²) in [5.74, 6) is -2.49. The number of hydrogen-bond acceptors (Lipinski definition) is 6. The molecule has 3 N–H and O–H groups in total. The lowest BCUT2D eigenvalue weighted by atomic mass is 9.85. The molecule has 0 saturated carbocycles. The minimum Gasteiger partial charge on any atom is -0.480 e. The van der Waals surface area contributed by atoms with Crippen LogP contribution in [0.3, 0.4) is 0 Å². The van der Waals surface area contributed by atoms with E-state index in [4.69, 9.17) is 31.9 Å². The maximum atomic E-state index is 15.7. The topological polar surface area (TPSA) is 94.7 Å². The Morgan fingerprint density at radius 3 is 2.68 bits per heavy atom. The Kier molecular flexibility index (Phi) is 6.84. The number of ketones is 1. The van der Waals surface area contributed by atoms with Gasteiger partial charge in [0.25, 0.3) is 5.88 Å². The second-order valence-electron chi connectivity index (χ2n) is 7.88. The van der Waals surface area contributed by atoms with E-state index in [1.165, 1.54) is 6.20 Å². The van der Waals surface area contributed by atoms with Gasteiger partial charge in [-0.1, -0.05) is 48.9 Å². The van der Waals surface area contributed by atoms with Crippen LogP contribution in [0.1, 0.15) is 34.8 Å². The van der Waals surface area contributed by atoms with Crippen molar-refractivity contribution in [2.45, 2.75) is 25.4 Å². The van der Waals surface area contributed by atoms with Crippen molar-refractivity contribution in [1.29, 1.82) is 0 Å². The summed E-state index contributed by atoms with van der Waals surface area (Å²) in [4.78, 5) is 16.6. The number of ether oxygens (including phenoxy) is 2. The van der Waals surface area contributed by atoms with E-state index in [-0.39, 0.29) is 60.1 Å². The zero-order valence-electron chi connectivity index (χ0n) is 18.4. The Hall–Kier alpha value is -3.07. The van der Waals surface area contributed by atoms with E-state index >= 15 is 4.39 Å². The van der Waals surface area contributed by atoms with E-state index in [2.05, 4.69) is 4.98 Å². The molecule has 1 aliphatic rings. The summed E-state index contributed by atoms with van der Waals surface area (Å²) < 4.78 is 42.1. The van der Waals surface area contributed by atoms with Crippen LogP contribution < -0.4 is 15.2 Å². The predicted molar refractivity (Wildman–Crippen MR) is 123 cm³/mol. The number of halogens is 3. The summed E-state index contributed by atoms with van der Waals surface area (Å²) in [6.07, 6.45) is 1.41. The third kappa shape index (κ3) is 4.02. The van der Waals surface area contributed by atoms with E-state index in [1.807, 2.05) is 30.3 Å². The number of aromatic nitrogens is 1. The molecule has 0 aliphatic carbocycles. The van der Waals surface area contributed by atoms with Gasteiger partial charge in [0.15, 0.2) is 17.2 Å². The standard InChI is InChI=1S/C25H23ClF2N2O4/c1-2-18(32)16-12-30-24(33-9-8-31)23(28)21(16)20-15-11-25(13-29,14-6-4-3-5-7-14)34-19(15)10-17(27)22(20)26/h3-7,10,12,31H,2,8-9,11,13,29H2,1H3/t25-/m1/s1. The molecule has 178 valence electrons. The number of Topliss-reactive ketones (excluding diaryl/α,β-unsaturated/α-hetero) is 1. The van der Waals surface area contributed by atoms with Gasteiger partial charge in [0.1, 0.15) is 18.2 Å². The van der Waals surface area contributed by atoms with Gasteiger partial charge in [-0.3, -0.25) is 4.79 Å². The maximum Gasteiger partial charge on any atom is 0.251 e. The molecular formula is C25H23ClF2N2O4. The molecule has 4 rings (SSSR count). The molecule has 0 saturated heterocycles. The largest absolute Gasteiger partial charge is 0.480 e. The van der Waals surface area contributed by atoms with Crippen molar-refractivity contribution >= 4 is 17.4 Å². The first-order chi connectivity index (χ1) is 16.4. The number of fused-ring (bicyclic) bond motifs is 1. The molecule has 34 heavy (non-hydrogen) atoms. The van der Waals surface area contributed by atoms with Gasteiger partial charge in [-0.2, -0.15) is 0 Å². The number of aliphatic hydroxyl groups is 1. The van der Waals surface area contributed by atoms with Gasteiger partial charge in [-0.15, -0.1) is 0 Å². The number of nitrogens with zero attached hydrogens (tertiary/aromatic N) is 1. The fourth-order valence-corrected chi connectivity index (χ4v) is 4.46. The first kappa shape index (κ1) is 24.1. The van der Waals surface area contributed by atoms with Crippen molar-refractivity contribution in [3.05, 3.63) is 75.9 Å². The number of carbonyl (C=O) groups is 1. The Morgan fingerprint density at radius 1 is 1.29 bits per heavy atom. The summed E-state index contributed by atoms with van der Waals surface area (Å²) in [7, 11) is 0. The lowest BCUT2D eigenvalue weighted by Crippen LogP contribution is -2.39. The Morgan fingerprint density at radius 2 is 2.03 bits per heavy atom. The molecular weight excluding hydrogens is 466 g/mol. The van der Waals surface area contributed by atoms with Crippen molar-refractivity contribution in [2.75, 3.05) is 19.8 Å². The van der Waals surface area contributed by atoms with E-state index in [9.17, 15) is 9.18 Å². The van der Waals surface area contributed by atoms with Gasteiger partial charge in [-0.05, 0) is 5.56 Å². The van der Waals surface area contributed by atoms with Crippen LogP contribution in [-0.2, 0) is 12.0 Å². The van der Waals surface area contributed by atoms with E-state index in [0.29, 0.717) is 5.56 Å². The molecule has 1 atom stereocenters. The molecule has 1 aliphatic heterocycles. The van der Waals surface area contributed by atoms with Gasteiger partial charge in [0.05, 0.1) is 11.6 Å². The van der Waals surface area contributed by atoms with Crippen LogP contribution >= 0.6 is 11.6 Å². The fraction of sp³-hybridized carbons (Fsp3) is 0.280. The molecule has 0 amide bonds. The highest BCUT2D eigenvalue weighted by Crippen LogP contribution is 2.50. The minimum atomic E-state index is -1.02. The maximum absolute atomic E-state index is 15.7. The van der Waals surface area contributed by atoms with Crippen molar-refractivity contribution in [3.63, 3.8) is 0 Å². The number of carbonyl (C=O) groups excluding carboxylic acids is 1. The van der Waals surface area contributed by atoms with Crippen LogP contribution in [0.2, 0.25) is 5.02 Å². The molecule has 3 aromatic rings. The zero-order chi connectivity index (χ0) is 24.5. The second kappa shape index (κ2) is 9.66. The zero-order valence-corrected chi connectivity index (χ0v) is 19.2. The number of rotatable bonds is 8. The van der Waals surface area contributed by atoms with Gasteiger partial charge < -0.3 is 20.3 Å². The lowest BCUT2D eigenvalue weighted by molar-refractivity contribution is 0.0987. The van der Waals surface area contributed by atoms with E-state index in [0.717, 1.165) is 11.6 Å². The van der Waals surface area contributed by atoms with Crippen LogP contribution in [0, 0.1) is 11.6 Å². The highest BCUT2D eigenvalue weighted by molar-refractivity contribution is 6.34.